The molecule has 1 aliphatic rings. The van der Waals surface area contributed by atoms with Gasteiger partial charge in [0, 0.05) is 13.1 Å². The summed E-state index contributed by atoms with van der Waals surface area (Å²) >= 11 is 0. The Morgan fingerprint density at radius 3 is 2.57 bits per heavy atom. The summed E-state index contributed by atoms with van der Waals surface area (Å²) in [5.74, 6) is -0.357. The van der Waals surface area contributed by atoms with Crippen molar-refractivity contribution in [3.63, 3.8) is 0 Å². The molecule has 1 fully saturated rings. The number of carbonyl (C=O) groups is 1. The van der Waals surface area contributed by atoms with Gasteiger partial charge in [-0.2, -0.15) is 5.10 Å². The second kappa shape index (κ2) is 6.50. The highest BCUT2D eigenvalue weighted by molar-refractivity contribution is 5.95. The Morgan fingerprint density at radius 2 is 1.96 bits per heavy atom. The summed E-state index contributed by atoms with van der Waals surface area (Å²) in [4.78, 5) is 14.5. The minimum atomic E-state index is -0.313. The fraction of sp³-hybridized carbons (Fsp3) is 0.412. The Kier molecular flexibility index (Phi) is 4.43. The van der Waals surface area contributed by atoms with Crippen LogP contribution in [-0.4, -0.2) is 44.9 Å². The molecule has 1 amide bonds. The highest BCUT2D eigenvalue weighted by atomic mass is 19.1. The van der Waals surface area contributed by atoms with Crippen LogP contribution in [0.5, 0.6) is 0 Å². The third-order valence-electron chi connectivity index (χ3n) is 4.26. The fourth-order valence-electron chi connectivity index (χ4n) is 2.94. The van der Waals surface area contributed by atoms with Crippen molar-refractivity contribution >= 4 is 5.91 Å². The van der Waals surface area contributed by atoms with E-state index in [1.807, 2.05) is 6.92 Å². The Hall–Kier alpha value is -2.21. The largest absolute Gasteiger partial charge is 0.393 e. The molecule has 122 valence electrons. The highest BCUT2D eigenvalue weighted by Gasteiger charge is 2.26. The zero-order chi connectivity index (χ0) is 16.4. The van der Waals surface area contributed by atoms with Gasteiger partial charge in [-0.3, -0.25) is 4.79 Å². The minimum Gasteiger partial charge on any atom is -0.393 e. The number of carbonyl (C=O) groups excluding carboxylic acids is 1. The molecule has 2 aromatic rings. The third-order valence-corrected chi connectivity index (χ3v) is 4.26. The summed E-state index contributed by atoms with van der Waals surface area (Å²) in [6, 6.07) is 6.05. The summed E-state index contributed by atoms with van der Waals surface area (Å²) in [5.41, 5.74) is 2.12. The molecule has 0 saturated carbocycles. The molecule has 0 unspecified atom stereocenters. The first-order valence-electron chi connectivity index (χ1n) is 7.90. The van der Waals surface area contributed by atoms with Gasteiger partial charge in [0.1, 0.15) is 5.82 Å². The number of hydrogen-bond donors (Lipinski definition) is 1. The number of halogens is 1. The Balaban J connectivity index is 1.89. The minimum absolute atomic E-state index is 0.0536. The van der Waals surface area contributed by atoms with Gasteiger partial charge in [0.2, 0.25) is 0 Å². The van der Waals surface area contributed by atoms with Crippen molar-refractivity contribution < 1.29 is 14.3 Å². The molecule has 0 spiro atoms. The van der Waals surface area contributed by atoms with Gasteiger partial charge in [-0.25, -0.2) is 9.07 Å². The van der Waals surface area contributed by atoms with Crippen molar-refractivity contribution in [2.24, 2.45) is 0 Å². The van der Waals surface area contributed by atoms with E-state index in [9.17, 15) is 14.3 Å². The molecule has 0 bridgehead atoms. The summed E-state index contributed by atoms with van der Waals surface area (Å²) in [5, 5.41) is 13.9. The average molecular weight is 317 g/mol. The maximum Gasteiger partial charge on any atom is 0.257 e. The van der Waals surface area contributed by atoms with Gasteiger partial charge < -0.3 is 10.0 Å². The molecule has 23 heavy (non-hydrogen) atoms. The standard InChI is InChI=1S/C17H20FN3O2/c1-2-16-15(17(23)20-9-7-14(22)8-10-20)11-19-21(16)13-5-3-12(18)4-6-13/h3-6,11,14,22H,2,7-10H2,1H3. The van der Waals surface area contributed by atoms with E-state index in [-0.39, 0.29) is 17.8 Å². The Labute approximate surface area is 134 Å². The van der Waals surface area contributed by atoms with E-state index in [0.717, 1.165) is 11.4 Å². The van der Waals surface area contributed by atoms with Crippen molar-refractivity contribution in [2.45, 2.75) is 32.3 Å². The molecule has 1 aromatic heterocycles. The first-order chi connectivity index (χ1) is 11.1. The number of aliphatic hydroxyl groups excluding tert-OH is 1. The van der Waals surface area contributed by atoms with Gasteiger partial charge in [0.05, 0.1) is 29.2 Å². The van der Waals surface area contributed by atoms with Crippen molar-refractivity contribution in [3.8, 4) is 5.69 Å². The van der Waals surface area contributed by atoms with Crippen molar-refractivity contribution in [2.75, 3.05) is 13.1 Å². The molecular weight excluding hydrogens is 297 g/mol. The molecule has 0 atom stereocenters. The van der Waals surface area contributed by atoms with Crippen molar-refractivity contribution in [1.29, 1.82) is 0 Å². The van der Waals surface area contributed by atoms with E-state index in [1.165, 1.54) is 12.1 Å². The lowest BCUT2D eigenvalue weighted by molar-refractivity contribution is 0.0545. The van der Waals surface area contributed by atoms with Gasteiger partial charge in [-0.1, -0.05) is 6.92 Å². The lowest BCUT2D eigenvalue weighted by Gasteiger charge is -2.29. The molecule has 1 aliphatic heterocycles. The van der Waals surface area contributed by atoms with Crippen LogP contribution in [0.25, 0.3) is 5.69 Å². The Morgan fingerprint density at radius 1 is 1.30 bits per heavy atom. The van der Waals surface area contributed by atoms with Gasteiger partial charge in [0.25, 0.3) is 5.91 Å². The summed E-state index contributed by atoms with van der Waals surface area (Å²) < 4.78 is 14.8. The number of aromatic nitrogens is 2. The normalized spacial score (nSPS) is 15.9. The SMILES string of the molecule is CCc1c(C(=O)N2CCC(O)CC2)cnn1-c1ccc(F)cc1. The van der Waals surface area contributed by atoms with Crippen LogP contribution in [0.2, 0.25) is 0 Å². The topological polar surface area (TPSA) is 58.4 Å². The molecule has 1 saturated heterocycles. The highest BCUT2D eigenvalue weighted by Crippen LogP contribution is 2.20. The zero-order valence-electron chi connectivity index (χ0n) is 13.1. The second-order valence-corrected chi connectivity index (χ2v) is 5.77. The predicted molar refractivity (Wildman–Crippen MR) is 84.0 cm³/mol. The van der Waals surface area contributed by atoms with Crippen LogP contribution >= 0.6 is 0 Å². The number of rotatable bonds is 3. The molecule has 0 radical (unpaired) electrons. The smallest absolute Gasteiger partial charge is 0.257 e. The van der Waals surface area contributed by atoms with E-state index in [4.69, 9.17) is 0 Å². The lowest BCUT2D eigenvalue weighted by atomic mass is 10.1. The molecule has 0 aliphatic carbocycles. The number of aliphatic hydroxyl groups is 1. The molecule has 1 N–H and O–H groups in total. The van der Waals surface area contributed by atoms with Crippen LogP contribution in [0.3, 0.4) is 0 Å². The van der Waals surface area contributed by atoms with Gasteiger partial charge in [-0.05, 0) is 43.5 Å². The molecule has 3 rings (SSSR count). The fourth-order valence-corrected chi connectivity index (χ4v) is 2.94. The molecule has 6 heteroatoms. The Bertz CT molecular complexity index is 688. The second-order valence-electron chi connectivity index (χ2n) is 5.77. The van der Waals surface area contributed by atoms with Gasteiger partial charge >= 0.3 is 0 Å². The molecule has 2 heterocycles. The maximum atomic E-state index is 13.1. The summed E-state index contributed by atoms with van der Waals surface area (Å²) in [7, 11) is 0. The molecule has 1 aromatic carbocycles. The predicted octanol–water partition coefficient (Wildman–Crippen LogP) is 2.17. The van der Waals surface area contributed by atoms with E-state index in [2.05, 4.69) is 5.10 Å². The van der Waals surface area contributed by atoms with Crippen molar-refractivity contribution in [1.82, 2.24) is 14.7 Å². The third kappa shape index (κ3) is 3.12. The first-order valence-corrected chi connectivity index (χ1v) is 7.90. The van der Waals surface area contributed by atoms with E-state index in [0.29, 0.717) is 37.9 Å². The zero-order valence-corrected chi connectivity index (χ0v) is 13.1. The number of likely N-dealkylation sites (tertiary alicyclic amines) is 1. The maximum absolute atomic E-state index is 13.1. The monoisotopic (exact) mass is 317 g/mol. The molecule has 5 nitrogen and oxygen atoms in total. The number of benzene rings is 1. The van der Waals surface area contributed by atoms with Crippen LogP contribution in [-0.2, 0) is 6.42 Å². The van der Waals surface area contributed by atoms with Crippen LogP contribution in [0.15, 0.2) is 30.5 Å². The lowest BCUT2D eigenvalue weighted by Crippen LogP contribution is -2.40. The van der Waals surface area contributed by atoms with E-state index in [1.54, 1.807) is 27.9 Å². The van der Waals surface area contributed by atoms with Gasteiger partial charge in [-0.15, -0.1) is 0 Å². The quantitative estimate of drug-likeness (QED) is 0.944. The first kappa shape index (κ1) is 15.7. The van der Waals surface area contributed by atoms with Crippen LogP contribution in [0.1, 0.15) is 35.8 Å². The van der Waals surface area contributed by atoms with Crippen molar-refractivity contribution in [3.05, 3.63) is 47.5 Å². The summed E-state index contributed by atoms with van der Waals surface area (Å²) in [6.07, 6.45) is 3.13. The number of nitrogens with zero attached hydrogens (tertiary/aromatic N) is 3. The summed E-state index contributed by atoms with van der Waals surface area (Å²) in [6.45, 7) is 3.09. The molecular formula is C17H20FN3O2. The van der Waals surface area contributed by atoms with Crippen LogP contribution < -0.4 is 0 Å². The van der Waals surface area contributed by atoms with Crippen LogP contribution in [0, 0.1) is 5.82 Å². The van der Waals surface area contributed by atoms with Gasteiger partial charge in [0.15, 0.2) is 0 Å². The number of piperidine rings is 1. The van der Waals surface area contributed by atoms with E-state index >= 15 is 0 Å². The van der Waals surface area contributed by atoms with Crippen LogP contribution in [0.4, 0.5) is 4.39 Å². The number of amides is 1. The van der Waals surface area contributed by atoms with E-state index < -0.39 is 0 Å². The number of hydrogen-bond acceptors (Lipinski definition) is 3. The average Bonchev–Trinajstić information content (AvgIpc) is 2.99.